The molecule has 0 spiro atoms. The summed E-state index contributed by atoms with van der Waals surface area (Å²) in [7, 11) is 0. The average Bonchev–Trinajstić information content (AvgIpc) is 2.40. The second kappa shape index (κ2) is 6.33. The summed E-state index contributed by atoms with van der Waals surface area (Å²) in [6.45, 7) is 2.59. The monoisotopic (exact) mass is 323 g/mol. The fraction of sp³-hybridized carbons (Fsp3) is 0.467. The van der Waals surface area contributed by atoms with Crippen LogP contribution in [0.3, 0.4) is 0 Å². The predicted octanol–water partition coefficient (Wildman–Crippen LogP) is 3.13. The van der Waals surface area contributed by atoms with Gasteiger partial charge in [-0.1, -0.05) is 22.0 Å². The number of hydrogen-bond donors (Lipinski definition) is 1. The van der Waals surface area contributed by atoms with E-state index in [-0.39, 0.29) is 17.6 Å². The number of rotatable bonds is 3. The highest BCUT2D eigenvalue weighted by Crippen LogP contribution is 2.22. The van der Waals surface area contributed by atoms with Crippen LogP contribution in [0.2, 0.25) is 0 Å². The summed E-state index contributed by atoms with van der Waals surface area (Å²) in [5, 5.41) is 2.98. The van der Waals surface area contributed by atoms with Crippen molar-refractivity contribution < 1.29 is 9.59 Å². The largest absolute Gasteiger partial charge is 0.352 e. The lowest BCUT2D eigenvalue weighted by atomic mass is 9.88. The maximum absolute atomic E-state index is 12.0. The number of hydrogen-bond acceptors (Lipinski definition) is 2. The smallest absolute Gasteiger partial charge is 0.223 e. The van der Waals surface area contributed by atoms with E-state index in [0.717, 1.165) is 10.0 Å². The van der Waals surface area contributed by atoms with Gasteiger partial charge in [-0.15, -0.1) is 0 Å². The van der Waals surface area contributed by atoms with E-state index >= 15 is 0 Å². The van der Waals surface area contributed by atoms with Gasteiger partial charge in [0.25, 0.3) is 0 Å². The topological polar surface area (TPSA) is 46.2 Å². The second-order valence-electron chi connectivity index (χ2n) is 5.10. The van der Waals surface area contributed by atoms with Gasteiger partial charge < -0.3 is 5.32 Å². The first-order chi connectivity index (χ1) is 9.06. The van der Waals surface area contributed by atoms with Gasteiger partial charge in [0.05, 0.1) is 0 Å². The zero-order valence-electron chi connectivity index (χ0n) is 11.0. The highest BCUT2D eigenvalue weighted by molar-refractivity contribution is 9.10. The molecule has 0 heterocycles. The summed E-state index contributed by atoms with van der Waals surface area (Å²) >= 11 is 3.44. The molecule has 0 aromatic heterocycles. The van der Waals surface area contributed by atoms with E-state index < -0.39 is 0 Å². The quantitative estimate of drug-likeness (QED) is 0.928. The number of nitrogens with one attached hydrogen (secondary N) is 1. The van der Waals surface area contributed by atoms with Crippen LogP contribution in [0.1, 0.15) is 36.8 Å². The van der Waals surface area contributed by atoms with Gasteiger partial charge >= 0.3 is 0 Å². The van der Waals surface area contributed by atoms with Crippen molar-refractivity contribution in [3.05, 3.63) is 33.8 Å². The Balaban J connectivity index is 1.89. The average molecular weight is 324 g/mol. The molecular weight excluding hydrogens is 306 g/mol. The number of aryl methyl sites for hydroxylation is 1. The lowest BCUT2D eigenvalue weighted by Gasteiger charge is -2.20. The normalized spacial score (nSPS) is 16.4. The van der Waals surface area contributed by atoms with Crippen molar-refractivity contribution in [3.63, 3.8) is 0 Å². The standard InChI is InChI=1S/C15H18BrNO2/c1-10-2-5-13(16)8-12(10)9-17-15(19)11-3-6-14(18)7-4-11/h2,5,8,11H,3-4,6-7,9H2,1H3,(H,17,19). The molecule has 0 bridgehead atoms. The molecule has 19 heavy (non-hydrogen) atoms. The third-order valence-corrected chi connectivity index (χ3v) is 4.17. The molecule has 0 radical (unpaired) electrons. The molecule has 0 aliphatic heterocycles. The lowest BCUT2D eigenvalue weighted by Crippen LogP contribution is -2.33. The maximum atomic E-state index is 12.0. The van der Waals surface area contributed by atoms with E-state index in [1.165, 1.54) is 5.56 Å². The Morgan fingerprint density at radius 2 is 2.05 bits per heavy atom. The molecule has 1 fully saturated rings. The highest BCUT2D eigenvalue weighted by atomic mass is 79.9. The summed E-state index contributed by atoms with van der Waals surface area (Å²) in [5.41, 5.74) is 2.29. The first-order valence-electron chi connectivity index (χ1n) is 6.60. The molecule has 1 amide bonds. The fourth-order valence-electron chi connectivity index (χ4n) is 2.36. The Morgan fingerprint density at radius 1 is 1.37 bits per heavy atom. The first kappa shape index (κ1) is 14.3. The molecule has 1 aromatic carbocycles. The van der Waals surface area contributed by atoms with Crippen LogP contribution in [-0.2, 0) is 16.1 Å². The van der Waals surface area contributed by atoms with Crippen LogP contribution in [0.5, 0.6) is 0 Å². The first-order valence-corrected chi connectivity index (χ1v) is 7.40. The summed E-state index contributed by atoms with van der Waals surface area (Å²) < 4.78 is 1.02. The molecule has 102 valence electrons. The van der Waals surface area contributed by atoms with Gasteiger partial charge in [-0.05, 0) is 43.0 Å². The van der Waals surface area contributed by atoms with Gasteiger partial charge in [0.15, 0.2) is 0 Å². The van der Waals surface area contributed by atoms with Crippen molar-refractivity contribution in [2.24, 2.45) is 5.92 Å². The van der Waals surface area contributed by atoms with Gasteiger partial charge in [0.1, 0.15) is 5.78 Å². The Bertz CT molecular complexity index is 489. The van der Waals surface area contributed by atoms with E-state index in [4.69, 9.17) is 0 Å². The van der Waals surface area contributed by atoms with Crippen molar-refractivity contribution in [2.45, 2.75) is 39.2 Å². The maximum Gasteiger partial charge on any atom is 0.223 e. The predicted molar refractivity (Wildman–Crippen MR) is 77.7 cm³/mol. The highest BCUT2D eigenvalue weighted by Gasteiger charge is 2.24. The number of Topliss-reactive ketones (excluding diaryl/α,β-unsaturated/α-hetero) is 1. The molecule has 1 aliphatic rings. The Morgan fingerprint density at radius 3 is 2.74 bits per heavy atom. The molecule has 2 rings (SSSR count). The fourth-order valence-corrected chi connectivity index (χ4v) is 2.77. The number of halogens is 1. The molecule has 1 saturated carbocycles. The van der Waals surface area contributed by atoms with Gasteiger partial charge in [0, 0.05) is 29.8 Å². The summed E-state index contributed by atoms with van der Waals surface area (Å²) in [6.07, 6.45) is 2.49. The van der Waals surface area contributed by atoms with Crippen LogP contribution >= 0.6 is 15.9 Å². The van der Waals surface area contributed by atoms with E-state index in [1.54, 1.807) is 0 Å². The Kier molecular flexibility index (Phi) is 4.75. The van der Waals surface area contributed by atoms with Crippen molar-refractivity contribution in [1.29, 1.82) is 0 Å². The number of benzene rings is 1. The minimum absolute atomic E-state index is 0.00478. The van der Waals surface area contributed by atoms with Gasteiger partial charge in [-0.25, -0.2) is 0 Å². The van der Waals surface area contributed by atoms with Gasteiger partial charge in [0.2, 0.25) is 5.91 Å². The summed E-state index contributed by atoms with van der Waals surface area (Å²) in [4.78, 5) is 23.2. The molecule has 3 nitrogen and oxygen atoms in total. The van der Waals surface area contributed by atoms with Crippen LogP contribution in [-0.4, -0.2) is 11.7 Å². The SMILES string of the molecule is Cc1ccc(Br)cc1CNC(=O)C1CCC(=O)CC1. The van der Waals surface area contributed by atoms with Gasteiger partial charge in [-0.3, -0.25) is 9.59 Å². The molecule has 4 heteroatoms. The molecule has 0 saturated heterocycles. The molecular formula is C15H18BrNO2. The lowest BCUT2D eigenvalue weighted by molar-refractivity contribution is -0.128. The number of carbonyl (C=O) groups excluding carboxylic acids is 2. The van der Waals surface area contributed by atoms with Crippen LogP contribution in [0.15, 0.2) is 22.7 Å². The number of ketones is 1. The van der Waals surface area contributed by atoms with E-state index in [1.807, 2.05) is 25.1 Å². The zero-order chi connectivity index (χ0) is 13.8. The zero-order valence-corrected chi connectivity index (χ0v) is 12.6. The number of amides is 1. The summed E-state index contributed by atoms with van der Waals surface area (Å²) in [6, 6.07) is 6.05. The summed E-state index contributed by atoms with van der Waals surface area (Å²) in [5.74, 6) is 0.365. The van der Waals surface area contributed by atoms with Crippen LogP contribution in [0, 0.1) is 12.8 Å². The van der Waals surface area contributed by atoms with E-state index in [9.17, 15) is 9.59 Å². The minimum atomic E-state index is 0.00478. The van der Waals surface area contributed by atoms with Crippen LogP contribution in [0.25, 0.3) is 0 Å². The number of carbonyl (C=O) groups is 2. The minimum Gasteiger partial charge on any atom is -0.352 e. The van der Waals surface area contributed by atoms with E-state index in [0.29, 0.717) is 32.2 Å². The van der Waals surface area contributed by atoms with Crippen LogP contribution in [0.4, 0.5) is 0 Å². The van der Waals surface area contributed by atoms with Crippen LogP contribution < -0.4 is 5.32 Å². The molecule has 1 aromatic rings. The van der Waals surface area contributed by atoms with Crippen molar-refractivity contribution in [3.8, 4) is 0 Å². The molecule has 1 aliphatic carbocycles. The van der Waals surface area contributed by atoms with Crippen molar-refractivity contribution >= 4 is 27.6 Å². The van der Waals surface area contributed by atoms with Crippen molar-refractivity contribution in [2.75, 3.05) is 0 Å². The molecule has 0 atom stereocenters. The molecule has 1 N–H and O–H groups in total. The third-order valence-electron chi connectivity index (χ3n) is 3.68. The molecule has 0 unspecified atom stereocenters. The second-order valence-corrected chi connectivity index (χ2v) is 6.02. The van der Waals surface area contributed by atoms with Crippen molar-refractivity contribution in [1.82, 2.24) is 5.32 Å². The van der Waals surface area contributed by atoms with Gasteiger partial charge in [-0.2, -0.15) is 0 Å². The third kappa shape index (κ3) is 3.90. The van der Waals surface area contributed by atoms with E-state index in [2.05, 4.69) is 21.2 Å². The Hall–Kier alpha value is -1.16. The Labute approximate surface area is 121 Å².